The van der Waals surface area contributed by atoms with Gasteiger partial charge >= 0.3 is 0 Å². The van der Waals surface area contributed by atoms with E-state index in [0.717, 1.165) is 0 Å². The number of aromatic nitrogens is 2. The summed E-state index contributed by atoms with van der Waals surface area (Å²) in [6.45, 7) is 1.55. The Hall–Kier alpha value is -2.74. The SMILES string of the molecule is Cn1cc(C(C)(O)CNC(=O)Cc2ccccc2[N+](=O)[O-])cn1. The van der Waals surface area contributed by atoms with Gasteiger partial charge in [-0.2, -0.15) is 5.10 Å². The molecule has 8 nitrogen and oxygen atoms in total. The first kappa shape index (κ1) is 16.6. The number of para-hydroxylation sites is 1. The monoisotopic (exact) mass is 318 g/mol. The van der Waals surface area contributed by atoms with E-state index in [1.807, 2.05) is 0 Å². The molecule has 1 aromatic heterocycles. The molecule has 2 aromatic rings. The minimum Gasteiger partial charge on any atom is -0.383 e. The third kappa shape index (κ3) is 4.13. The highest BCUT2D eigenvalue weighted by molar-refractivity contribution is 5.79. The Bertz CT molecular complexity index is 724. The fourth-order valence-electron chi connectivity index (χ4n) is 2.15. The zero-order valence-corrected chi connectivity index (χ0v) is 12.9. The maximum Gasteiger partial charge on any atom is 0.273 e. The minimum atomic E-state index is -1.27. The first-order valence-corrected chi connectivity index (χ1v) is 7.00. The molecule has 1 atom stereocenters. The van der Waals surface area contributed by atoms with Gasteiger partial charge in [0.2, 0.25) is 5.91 Å². The van der Waals surface area contributed by atoms with Crippen molar-refractivity contribution >= 4 is 11.6 Å². The van der Waals surface area contributed by atoms with Crippen LogP contribution in [0.15, 0.2) is 36.7 Å². The summed E-state index contributed by atoms with van der Waals surface area (Å²) in [5.74, 6) is -0.400. The second kappa shape index (κ2) is 6.57. The number of aryl methyl sites for hydroxylation is 1. The fourth-order valence-corrected chi connectivity index (χ4v) is 2.15. The van der Waals surface area contributed by atoms with Gasteiger partial charge in [0.15, 0.2) is 0 Å². The molecule has 0 bridgehead atoms. The van der Waals surface area contributed by atoms with Crippen molar-refractivity contribution in [2.45, 2.75) is 18.9 Å². The van der Waals surface area contributed by atoms with E-state index < -0.39 is 16.4 Å². The Morgan fingerprint density at radius 1 is 1.48 bits per heavy atom. The lowest BCUT2D eigenvalue weighted by Gasteiger charge is -2.22. The van der Waals surface area contributed by atoms with Gasteiger partial charge in [0.05, 0.1) is 24.1 Å². The van der Waals surface area contributed by atoms with Crippen LogP contribution in [0.4, 0.5) is 5.69 Å². The number of benzene rings is 1. The van der Waals surface area contributed by atoms with Crippen LogP contribution >= 0.6 is 0 Å². The summed E-state index contributed by atoms with van der Waals surface area (Å²) in [6.07, 6.45) is 3.06. The largest absolute Gasteiger partial charge is 0.383 e. The summed E-state index contributed by atoms with van der Waals surface area (Å²) in [4.78, 5) is 22.4. The van der Waals surface area contributed by atoms with E-state index in [1.54, 1.807) is 37.0 Å². The number of hydrogen-bond acceptors (Lipinski definition) is 5. The highest BCUT2D eigenvalue weighted by Gasteiger charge is 2.25. The maximum atomic E-state index is 12.0. The van der Waals surface area contributed by atoms with Crippen LogP contribution in [0.3, 0.4) is 0 Å². The minimum absolute atomic E-state index is 0.0157. The van der Waals surface area contributed by atoms with Gasteiger partial charge in [0.1, 0.15) is 5.60 Å². The first-order valence-electron chi connectivity index (χ1n) is 7.00. The molecule has 1 amide bonds. The summed E-state index contributed by atoms with van der Waals surface area (Å²) < 4.78 is 1.55. The summed E-state index contributed by atoms with van der Waals surface area (Å²) in [7, 11) is 1.73. The van der Waals surface area contributed by atoms with Crippen molar-refractivity contribution in [3.05, 3.63) is 57.9 Å². The molecule has 0 fully saturated rings. The van der Waals surface area contributed by atoms with Gasteiger partial charge in [-0.15, -0.1) is 0 Å². The van der Waals surface area contributed by atoms with E-state index >= 15 is 0 Å². The van der Waals surface area contributed by atoms with Crippen molar-refractivity contribution in [1.29, 1.82) is 0 Å². The molecule has 0 spiro atoms. The Morgan fingerprint density at radius 2 is 2.17 bits per heavy atom. The zero-order valence-electron chi connectivity index (χ0n) is 12.9. The Balaban J connectivity index is 1.99. The van der Waals surface area contributed by atoms with Crippen molar-refractivity contribution in [3.8, 4) is 0 Å². The number of nitrogens with one attached hydrogen (secondary N) is 1. The molecule has 0 saturated heterocycles. The van der Waals surface area contributed by atoms with E-state index in [4.69, 9.17) is 0 Å². The van der Waals surface area contributed by atoms with Crippen LogP contribution < -0.4 is 5.32 Å². The normalized spacial score (nSPS) is 13.3. The number of aliphatic hydroxyl groups is 1. The van der Waals surface area contributed by atoms with E-state index in [0.29, 0.717) is 11.1 Å². The molecular formula is C15H18N4O4. The molecule has 1 unspecified atom stereocenters. The highest BCUT2D eigenvalue weighted by Crippen LogP contribution is 2.20. The van der Waals surface area contributed by atoms with Crippen LogP contribution in [0, 0.1) is 10.1 Å². The average Bonchev–Trinajstić information content (AvgIpc) is 2.93. The predicted molar refractivity (Wildman–Crippen MR) is 82.6 cm³/mol. The third-order valence-corrected chi connectivity index (χ3v) is 3.50. The van der Waals surface area contributed by atoms with Gasteiger partial charge < -0.3 is 10.4 Å². The summed E-state index contributed by atoms with van der Waals surface area (Å²) in [5, 5.41) is 27.9. The Labute approximate surface area is 132 Å². The molecular weight excluding hydrogens is 300 g/mol. The molecule has 0 saturated carbocycles. The number of carbonyl (C=O) groups excluding carboxylic acids is 1. The number of nitro benzene ring substituents is 1. The summed E-state index contributed by atoms with van der Waals surface area (Å²) in [5.41, 5.74) is -0.462. The molecule has 0 aliphatic rings. The molecule has 0 aliphatic heterocycles. The number of nitrogens with zero attached hydrogens (tertiary/aromatic N) is 3. The molecule has 2 N–H and O–H groups in total. The van der Waals surface area contributed by atoms with Crippen molar-refractivity contribution in [2.75, 3.05) is 6.54 Å². The lowest BCUT2D eigenvalue weighted by Crippen LogP contribution is -2.39. The highest BCUT2D eigenvalue weighted by atomic mass is 16.6. The smallest absolute Gasteiger partial charge is 0.273 e. The molecule has 1 heterocycles. The number of rotatable bonds is 6. The average molecular weight is 318 g/mol. The molecule has 122 valence electrons. The van der Waals surface area contributed by atoms with Crippen molar-refractivity contribution in [2.24, 2.45) is 7.05 Å². The number of carbonyl (C=O) groups is 1. The van der Waals surface area contributed by atoms with Crippen LogP contribution in [0.2, 0.25) is 0 Å². The lowest BCUT2D eigenvalue weighted by atomic mass is 9.99. The van der Waals surface area contributed by atoms with Gasteiger partial charge in [-0.1, -0.05) is 18.2 Å². The van der Waals surface area contributed by atoms with Crippen molar-refractivity contribution in [1.82, 2.24) is 15.1 Å². The van der Waals surface area contributed by atoms with Gasteiger partial charge in [-0.3, -0.25) is 19.6 Å². The van der Waals surface area contributed by atoms with E-state index in [9.17, 15) is 20.0 Å². The molecule has 23 heavy (non-hydrogen) atoms. The number of amides is 1. The van der Waals surface area contributed by atoms with Crippen molar-refractivity contribution < 1.29 is 14.8 Å². The Kier molecular flexibility index (Phi) is 4.75. The second-order valence-electron chi connectivity index (χ2n) is 5.52. The molecule has 8 heteroatoms. The van der Waals surface area contributed by atoms with E-state index in [2.05, 4.69) is 10.4 Å². The van der Waals surface area contributed by atoms with Crippen LogP contribution in [0.1, 0.15) is 18.1 Å². The van der Waals surface area contributed by atoms with Gasteiger partial charge in [0.25, 0.3) is 5.69 Å². The van der Waals surface area contributed by atoms with E-state index in [1.165, 1.54) is 18.3 Å². The lowest BCUT2D eigenvalue weighted by molar-refractivity contribution is -0.385. The van der Waals surface area contributed by atoms with Gasteiger partial charge in [-0.05, 0) is 6.92 Å². The third-order valence-electron chi connectivity index (χ3n) is 3.50. The van der Waals surface area contributed by atoms with Gasteiger partial charge in [0, 0.05) is 30.4 Å². The topological polar surface area (TPSA) is 110 Å². The van der Waals surface area contributed by atoms with E-state index in [-0.39, 0.29) is 18.7 Å². The Morgan fingerprint density at radius 3 is 2.78 bits per heavy atom. The van der Waals surface area contributed by atoms with Crippen LogP contribution in [0.5, 0.6) is 0 Å². The maximum absolute atomic E-state index is 12.0. The fraction of sp³-hybridized carbons (Fsp3) is 0.333. The molecule has 1 aromatic carbocycles. The summed E-state index contributed by atoms with van der Waals surface area (Å²) >= 11 is 0. The summed E-state index contributed by atoms with van der Waals surface area (Å²) in [6, 6.07) is 6.08. The molecule has 0 aliphatic carbocycles. The first-order chi connectivity index (χ1) is 10.8. The quantitative estimate of drug-likeness (QED) is 0.607. The van der Waals surface area contributed by atoms with Gasteiger partial charge in [-0.25, -0.2) is 0 Å². The van der Waals surface area contributed by atoms with Crippen molar-refractivity contribution in [3.63, 3.8) is 0 Å². The predicted octanol–water partition coefficient (Wildman–Crippen LogP) is 0.895. The zero-order chi connectivity index (χ0) is 17.0. The van der Waals surface area contributed by atoms with Crippen LogP contribution in [-0.2, 0) is 23.9 Å². The number of nitro groups is 1. The molecule has 2 rings (SSSR count). The standard InChI is InChI=1S/C15H18N4O4/c1-15(21,12-8-17-18(2)9-12)10-16-14(20)7-11-5-3-4-6-13(11)19(22)23/h3-6,8-9,21H,7,10H2,1-2H3,(H,16,20). The second-order valence-corrected chi connectivity index (χ2v) is 5.52. The number of hydrogen-bond donors (Lipinski definition) is 2. The molecule has 0 radical (unpaired) electrons. The van der Waals surface area contributed by atoms with Crippen LogP contribution in [-0.4, -0.2) is 32.3 Å². The van der Waals surface area contributed by atoms with Crippen LogP contribution in [0.25, 0.3) is 0 Å².